The standard InChI is InChI=1S/C22H23ClFN6O/c1-29-10-12-30(13-11-29)18-9-8-17(20(31-2)19(18)24)27-22-25-14-16(23)21(28-22)26-15-6-4-3-5-7-15/h3-6,8-9,14H,10-13H2,1-2H3,(H2,25,26,27,28). The molecular weight excluding hydrogens is 419 g/mol. The van der Waals surface area contributed by atoms with Gasteiger partial charge in [0.25, 0.3) is 0 Å². The second-order valence-electron chi connectivity index (χ2n) is 7.19. The Labute approximate surface area is 185 Å². The first-order valence-electron chi connectivity index (χ1n) is 9.88. The van der Waals surface area contributed by atoms with Crippen molar-refractivity contribution in [2.75, 3.05) is 55.9 Å². The molecule has 1 aromatic heterocycles. The molecule has 2 heterocycles. The lowest BCUT2D eigenvalue weighted by atomic mass is 10.2. The molecule has 0 aliphatic carbocycles. The minimum atomic E-state index is -0.414. The van der Waals surface area contributed by atoms with Gasteiger partial charge in [-0.3, -0.25) is 0 Å². The molecule has 9 heteroatoms. The number of nitrogens with zero attached hydrogens (tertiary/aromatic N) is 4. The summed E-state index contributed by atoms with van der Waals surface area (Å²) in [6, 6.07) is 13.9. The Morgan fingerprint density at radius 2 is 1.94 bits per heavy atom. The number of benzene rings is 2. The van der Waals surface area contributed by atoms with Crippen LogP contribution in [-0.4, -0.2) is 55.2 Å². The molecule has 0 atom stereocenters. The Hall–Kier alpha value is -3.10. The lowest BCUT2D eigenvalue weighted by molar-refractivity contribution is 0.311. The lowest BCUT2D eigenvalue weighted by Gasteiger charge is -2.34. The molecule has 0 amide bonds. The number of para-hydroxylation sites is 1. The van der Waals surface area contributed by atoms with E-state index in [1.807, 2.05) is 23.1 Å². The summed E-state index contributed by atoms with van der Waals surface area (Å²) in [6.45, 7) is 3.29. The third kappa shape index (κ3) is 4.81. The number of hydrogen-bond acceptors (Lipinski definition) is 7. The van der Waals surface area contributed by atoms with Crippen LogP contribution in [0.15, 0.2) is 42.6 Å². The average Bonchev–Trinajstić information content (AvgIpc) is 2.78. The molecule has 0 spiro atoms. The Bertz CT molecular complexity index is 1040. The van der Waals surface area contributed by atoms with Crippen molar-refractivity contribution in [3.63, 3.8) is 0 Å². The number of likely N-dealkylation sites (N-methyl/N-ethyl adjacent to an activating group) is 1. The molecule has 3 aromatic rings. The zero-order valence-corrected chi connectivity index (χ0v) is 18.1. The summed E-state index contributed by atoms with van der Waals surface area (Å²) >= 11 is 6.23. The SMILES string of the molecule is COc1c(Nc2ncc(Cl)c(Nc3[c]cccc3)n2)ccc(N2CCN(C)CC2)c1F. The van der Waals surface area contributed by atoms with Gasteiger partial charge in [-0.1, -0.05) is 29.8 Å². The van der Waals surface area contributed by atoms with Crippen molar-refractivity contribution in [2.24, 2.45) is 0 Å². The number of ether oxygens (including phenoxy) is 1. The van der Waals surface area contributed by atoms with Crippen molar-refractivity contribution in [1.82, 2.24) is 14.9 Å². The van der Waals surface area contributed by atoms with Gasteiger partial charge in [0.2, 0.25) is 5.95 Å². The van der Waals surface area contributed by atoms with Gasteiger partial charge in [0.15, 0.2) is 17.4 Å². The largest absolute Gasteiger partial charge is 0.492 e. The molecule has 1 aliphatic heterocycles. The molecule has 4 rings (SSSR count). The molecule has 2 N–H and O–H groups in total. The van der Waals surface area contributed by atoms with E-state index in [0.717, 1.165) is 26.2 Å². The van der Waals surface area contributed by atoms with E-state index < -0.39 is 5.82 Å². The molecule has 0 bridgehead atoms. The molecular formula is C22H23ClFN6O. The topological polar surface area (TPSA) is 65.5 Å². The van der Waals surface area contributed by atoms with Crippen LogP contribution >= 0.6 is 11.6 Å². The van der Waals surface area contributed by atoms with Gasteiger partial charge in [-0.25, -0.2) is 9.37 Å². The maximum absolute atomic E-state index is 15.3. The normalized spacial score (nSPS) is 14.4. The van der Waals surface area contributed by atoms with Crippen LogP contribution in [0.3, 0.4) is 0 Å². The number of rotatable bonds is 6. The van der Waals surface area contributed by atoms with Crippen molar-refractivity contribution >= 4 is 40.4 Å². The third-order valence-electron chi connectivity index (χ3n) is 5.08. The summed E-state index contributed by atoms with van der Waals surface area (Å²) in [5.41, 5.74) is 1.67. The monoisotopic (exact) mass is 441 g/mol. The van der Waals surface area contributed by atoms with Crippen molar-refractivity contribution in [3.05, 3.63) is 59.5 Å². The first kappa shape index (κ1) is 21.1. The second-order valence-corrected chi connectivity index (χ2v) is 7.59. The van der Waals surface area contributed by atoms with E-state index in [1.165, 1.54) is 13.3 Å². The third-order valence-corrected chi connectivity index (χ3v) is 5.35. The van der Waals surface area contributed by atoms with Gasteiger partial charge >= 0.3 is 0 Å². The van der Waals surface area contributed by atoms with E-state index in [2.05, 4.69) is 38.6 Å². The predicted octanol–water partition coefficient (Wildman–Crippen LogP) is 4.32. The highest BCUT2D eigenvalue weighted by Crippen LogP contribution is 2.36. The molecule has 31 heavy (non-hydrogen) atoms. The van der Waals surface area contributed by atoms with Crippen LogP contribution in [0.5, 0.6) is 5.75 Å². The Morgan fingerprint density at radius 1 is 1.13 bits per heavy atom. The fourth-order valence-corrected chi connectivity index (χ4v) is 3.51. The Morgan fingerprint density at radius 3 is 2.65 bits per heavy atom. The Kier molecular flexibility index (Phi) is 6.39. The summed E-state index contributed by atoms with van der Waals surface area (Å²) in [7, 11) is 3.50. The van der Waals surface area contributed by atoms with Gasteiger partial charge in [0.1, 0.15) is 5.02 Å². The predicted molar refractivity (Wildman–Crippen MR) is 122 cm³/mol. The highest BCUT2D eigenvalue weighted by atomic mass is 35.5. The van der Waals surface area contributed by atoms with Crippen molar-refractivity contribution in [2.45, 2.75) is 0 Å². The summed E-state index contributed by atoms with van der Waals surface area (Å²) < 4.78 is 20.6. The zero-order chi connectivity index (χ0) is 21.8. The van der Waals surface area contributed by atoms with Crippen LogP contribution in [0.25, 0.3) is 0 Å². The van der Waals surface area contributed by atoms with Gasteiger partial charge in [-0.05, 0) is 25.2 Å². The summed E-state index contributed by atoms with van der Waals surface area (Å²) in [6.07, 6.45) is 1.48. The van der Waals surface area contributed by atoms with E-state index in [9.17, 15) is 0 Å². The van der Waals surface area contributed by atoms with Crippen LogP contribution in [0.4, 0.5) is 33.2 Å². The van der Waals surface area contributed by atoms with Crippen LogP contribution in [0.1, 0.15) is 0 Å². The van der Waals surface area contributed by atoms with Gasteiger partial charge in [-0.2, -0.15) is 4.98 Å². The molecule has 1 aliphatic rings. The molecule has 1 radical (unpaired) electrons. The van der Waals surface area contributed by atoms with Crippen LogP contribution < -0.4 is 20.3 Å². The van der Waals surface area contributed by atoms with Gasteiger partial charge in [0, 0.05) is 37.9 Å². The number of anilines is 5. The smallest absolute Gasteiger partial charge is 0.229 e. The van der Waals surface area contributed by atoms with Crippen LogP contribution in [0.2, 0.25) is 5.02 Å². The average molecular weight is 442 g/mol. The van der Waals surface area contributed by atoms with Crippen molar-refractivity contribution in [3.8, 4) is 5.75 Å². The maximum Gasteiger partial charge on any atom is 0.229 e. The quantitative estimate of drug-likeness (QED) is 0.590. The minimum Gasteiger partial charge on any atom is -0.492 e. The second kappa shape index (κ2) is 9.36. The number of hydrogen-bond donors (Lipinski definition) is 2. The van der Waals surface area contributed by atoms with E-state index >= 15 is 4.39 Å². The minimum absolute atomic E-state index is 0.112. The zero-order valence-electron chi connectivity index (χ0n) is 17.3. The van der Waals surface area contributed by atoms with E-state index in [-0.39, 0.29) is 11.7 Å². The summed E-state index contributed by atoms with van der Waals surface area (Å²) in [5.74, 6) is 0.368. The van der Waals surface area contributed by atoms with E-state index in [0.29, 0.717) is 27.9 Å². The highest BCUT2D eigenvalue weighted by molar-refractivity contribution is 6.32. The number of piperazine rings is 1. The van der Waals surface area contributed by atoms with Gasteiger partial charge < -0.3 is 25.2 Å². The number of methoxy groups -OCH3 is 1. The fourth-order valence-electron chi connectivity index (χ4n) is 3.37. The first-order valence-corrected chi connectivity index (χ1v) is 10.3. The molecule has 2 aromatic carbocycles. The summed E-state index contributed by atoms with van der Waals surface area (Å²) in [5, 5.41) is 6.48. The number of nitrogens with one attached hydrogen (secondary N) is 2. The molecule has 161 valence electrons. The molecule has 0 saturated carbocycles. The van der Waals surface area contributed by atoms with Crippen LogP contribution in [0, 0.1) is 11.9 Å². The number of aromatic nitrogens is 2. The molecule has 7 nitrogen and oxygen atoms in total. The van der Waals surface area contributed by atoms with Crippen molar-refractivity contribution < 1.29 is 9.13 Å². The van der Waals surface area contributed by atoms with Crippen molar-refractivity contribution in [1.29, 1.82) is 0 Å². The lowest BCUT2D eigenvalue weighted by Crippen LogP contribution is -2.44. The fraction of sp³-hybridized carbons (Fsp3) is 0.273. The van der Waals surface area contributed by atoms with Gasteiger partial charge in [0.05, 0.1) is 24.7 Å². The maximum atomic E-state index is 15.3. The van der Waals surface area contributed by atoms with Crippen LogP contribution in [-0.2, 0) is 0 Å². The van der Waals surface area contributed by atoms with Gasteiger partial charge in [-0.15, -0.1) is 0 Å². The highest BCUT2D eigenvalue weighted by Gasteiger charge is 2.22. The van der Waals surface area contributed by atoms with E-state index in [1.54, 1.807) is 18.2 Å². The Balaban J connectivity index is 1.57. The first-order chi connectivity index (χ1) is 15.0. The molecule has 1 saturated heterocycles. The summed E-state index contributed by atoms with van der Waals surface area (Å²) in [4.78, 5) is 12.9. The van der Waals surface area contributed by atoms with E-state index in [4.69, 9.17) is 16.3 Å². The number of halogens is 2. The molecule has 1 fully saturated rings. The molecule has 0 unspecified atom stereocenters.